The number of ether oxygens (including phenoxy) is 1. The number of carbonyl (C=O) groups excluding carboxylic acids is 2. The predicted octanol–water partition coefficient (Wildman–Crippen LogP) is 2.23. The molecule has 0 aromatic heterocycles. The summed E-state index contributed by atoms with van der Waals surface area (Å²) in [7, 11) is 1.72. The summed E-state index contributed by atoms with van der Waals surface area (Å²) in [5.74, 6) is -0.274. The molecule has 2 amide bonds. The van der Waals surface area contributed by atoms with Crippen molar-refractivity contribution in [1.82, 2.24) is 15.1 Å². The minimum atomic E-state index is -0.716. The summed E-state index contributed by atoms with van der Waals surface area (Å²) in [6.45, 7) is 4.02. The average Bonchev–Trinajstić information content (AvgIpc) is 3.26. The standard InChI is InChI=1S/C21H28ClN3O3/c1-24-17(26)12-28-19(18(24)15-4-6-16(22)7-5-15)20(27)23-13-21(8-9-21)14-25-10-2-3-11-25/h4-7,18-19H,2-3,8-14H2,1H3,(H,23,27). The van der Waals surface area contributed by atoms with Gasteiger partial charge in [-0.15, -0.1) is 0 Å². The van der Waals surface area contributed by atoms with E-state index >= 15 is 0 Å². The molecule has 1 aliphatic carbocycles. The van der Waals surface area contributed by atoms with E-state index in [9.17, 15) is 9.59 Å². The Labute approximate surface area is 171 Å². The number of hydrogen-bond donors (Lipinski definition) is 1. The maximum Gasteiger partial charge on any atom is 0.251 e. The second kappa shape index (κ2) is 8.01. The lowest BCUT2D eigenvalue weighted by molar-refractivity contribution is -0.162. The van der Waals surface area contributed by atoms with Crippen LogP contribution in [0.4, 0.5) is 0 Å². The third-order valence-corrected chi connectivity index (χ3v) is 6.56. The number of carbonyl (C=O) groups is 2. The van der Waals surface area contributed by atoms with Gasteiger partial charge < -0.3 is 19.9 Å². The maximum atomic E-state index is 13.0. The third-order valence-electron chi connectivity index (χ3n) is 6.31. The van der Waals surface area contributed by atoms with Crippen molar-refractivity contribution in [2.24, 2.45) is 5.41 Å². The Kier molecular flexibility index (Phi) is 5.63. The fourth-order valence-corrected chi connectivity index (χ4v) is 4.47. The zero-order valence-corrected chi connectivity index (χ0v) is 17.1. The summed E-state index contributed by atoms with van der Waals surface area (Å²) >= 11 is 6.00. The van der Waals surface area contributed by atoms with Crippen LogP contribution >= 0.6 is 11.6 Å². The van der Waals surface area contributed by atoms with Gasteiger partial charge in [-0.3, -0.25) is 9.59 Å². The zero-order chi connectivity index (χ0) is 19.7. The van der Waals surface area contributed by atoms with Gasteiger partial charge in [-0.05, 0) is 56.5 Å². The molecule has 0 spiro atoms. The first-order valence-electron chi connectivity index (χ1n) is 10.1. The molecule has 28 heavy (non-hydrogen) atoms. The molecule has 152 valence electrons. The smallest absolute Gasteiger partial charge is 0.251 e. The summed E-state index contributed by atoms with van der Waals surface area (Å²) in [6.07, 6.45) is 4.16. The SMILES string of the molecule is CN1C(=O)COC(C(=O)NCC2(CN3CCCC3)CC2)C1c1ccc(Cl)cc1. The molecule has 3 aliphatic rings. The predicted molar refractivity (Wildman–Crippen MR) is 107 cm³/mol. The molecule has 2 heterocycles. The Bertz CT molecular complexity index is 729. The molecule has 1 N–H and O–H groups in total. The minimum Gasteiger partial charge on any atom is -0.356 e. The number of nitrogens with zero attached hydrogens (tertiary/aromatic N) is 2. The van der Waals surface area contributed by atoms with E-state index in [2.05, 4.69) is 10.2 Å². The van der Waals surface area contributed by atoms with Gasteiger partial charge in [0.2, 0.25) is 5.91 Å². The normalized spacial score (nSPS) is 27.1. The van der Waals surface area contributed by atoms with Crippen LogP contribution in [0.2, 0.25) is 5.02 Å². The molecule has 0 bridgehead atoms. The highest BCUT2D eigenvalue weighted by Crippen LogP contribution is 2.46. The lowest BCUT2D eigenvalue weighted by Gasteiger charge is -2.38. The van der Waals surface area contributed by atoms with Crippen molar-refractivity contribution in [2.75, 3.05) is 39.8 Å². The van der Waals surface area contributed by atoms with E-state index in [0.29, 0.717) is 11.6 Å². The monoisotopic (exact) mass is 405 g/mol. The summed E-state index contributed by atoms with van der Waals surface area (Å²) < 4.78 is 5.69. The average molecular weight is 406 g/mol. The van der Waals surface area contributed by atoms with Crippen molar-refractivity contribution in [3.63, 3.8) is 0 Å². The quantitative estimate of drug-likeness (QED) is 0.788. The van der Waals surface area contributed by atoms with Gasteiger partial charge in [0.25, 0.3) is 5.91 Å². The van der Waals surface area contributed by atoms with Crippen molar-refractivity contribution in [1.29, 1.82) is 0 Å². The number of rotatable bonds is 6. The molecule has 1 saturated carbocycles. The molecule has 2 saturated heterocycles. The van der Waals surface area contributed by atoms with E-state index in [1.165, 1.54) is 25.9 Å². The van der Waals surface area contributed by atoms with Crippen LogP contribution in [0.15, 0.2) is 24.3 Å². The minimum absolute atomic E-state index is 0.0718. The van der Waals surface area contributed by atoms with E-state index in [1.54, 1.807) is 24.1 Å². The Hall–Kier alpha value is -1.63. The van der Waals surface area contributed by atoms with Crippen LogP contribution in [0.25, 0.3) is 0 Å². The van der Waals surface area contributed by atoms with Crippen LogP contribution in [0.5, 0.6) is 0 Å². The molecule has 1 aromatic rings. The first-order chi connectivity index (χ1) is 13.5. The molecule has 0 radical (unpaired) electrons. The number of likely N-dealkylation sites (tertiary alicyclic amines) is 1. The van der Waals surface area contributed by atoms with Gasteiger partial charge in [0.05, 0.1) is 6.04 Å². The molecule has 2 unspecified atom stereocenters. The highest BCUT2D eigenvalue weighted by Gasteiger charge is 2.46. The first kappa shape index (κ1) is 19.7. The van der Waals surface area contributed by atoms with Crippen LogP contribution in [-0.4, -0.2) is 67.6 Å². The van der Waals surface area contributed by atoms with Crippen molar-refractivity contribution in [3.05, 3.63) is 34.9 Å². The molecule has 1 aromatic carbocycles. The largest absolute Gasteiger partial charge is 0.356 e. The van der Waals surface area contributed by atoms with Crippen LogP contribution in [0.3, 0.4) is 0 Å². The molecule has 6 nitrogen and oxygen atoms in total. The van der Waals surface area contributed by atoms with Gasteiger partial charge >= 0.3 is 0 Å². The van der Waals surface area contributed by atoms with Gasteiger partial charge in [-0.2, -0.15) is 0 Å². The van der Waals surface area contributed by atoms with Gasteiger partial charge in [0, 0.05) is 30.6 Å². The van der Waals surface area contributed by atoms with Crippen molar-refractivity contribution in [2.45, 2.75) is 37.8 Å². The van der Waals surface area contributed by atoms with E-state index in [4.69, 9.17) is 16.3 Å². The summed E-state index contributed by atoms with van der Waals surface area (Å²) in [6, 6.07) is 6.79. The Morgan fingerprint density at radius 2 is 1.93 bits per heavy atom. The van der Waals surface area contributed by atoms with Gasteiger partial charge in [-0.1, -0.05) is 23.7 Å². The number of morpholine rings is 1. The lowest BCUT2D eigenvalue weighted by Crippen LogP contribution is -2.53. The van der Waals surface area contributed by atoms with Crippen molar-refractivity contribution < 1.29 is 14.3 Å². The molecule has 4 rings (SSSR count). The highest BCUT2D eigenvalue weighted by atomic mass is 35.5. The number of likely N-dealkylation sites (N-methyl/N-ethyl adjacent to an activating group) is 1. The molecule has 7 heteroatoms. The van der Waals surface area contributed by atoms with Crippen LogP contribution in [0, 0.1) is 5.41 Å². The first-order valence-corrected chi connectivity index (χ1v) is 10.5. The molecular formula is C21H28ClN3O3. The third kappa shape index (κ3) is 4.19. The van der Waals surface area contributed by atoms with Gasteiger partial charge in [0.1, 0.15) is 6.61 Å². The number of amides is 2. The summed E-state index contributed by atoms with van der Waals surface area (Å²) in [4.78, 5) is 29.3. The van der Waals surface area contributed by atoms with Crippen LogP contribution in [0.1, 0.15) is 37.3 Å². The van der Waals surface area contributed by atoms with Gasteiger partial charge in [-0.25, -0.2) is 0 Å². The van der Waals surface area contributed by atoms with E-state index in [1.807, 2.05) is 12.1 Å². The second-order valence-electron chi connectivity index (χ2n) is 8.43. The lowest BCUT2D eigenvalue weighted by atomic mass is 9.97. The molecular weight excluding hydrogens is 378 g/mol. The van der Waals surface area contributed by atoms with E-state index < -0.39 is 12.1 Å². The number of halogens is 1. The molecule has 2 atom stereocenters. The van der Waals surface area contributed by atoms with Crippen LogP contribution < -0.4 is 5.32 Å². The fraction of sp³-hybridized carbons (Fsp3) is 0.619. The van der Waals surface area contributed by atoms with E-state index in [-0.39, 0.29) is 23.8 Å². The Morgan fingerprint density at radius 3 is 2.57 bits per heavy atom. The number of benzene rings is 1. The number of nitrogens with one attached hydrogen (secondary N) is 1. The van der Waals surface area contributed by atoms with E-state index in [0.717, 1.165) is 24.9 Å². The molecule has 3 fully saturated rings. The topological polar surface area (TPSA) is 61.9 Å². The zero-order valence-electron chi connectivity index (χ0n) is 16.3. The Balaban J connectivity index is 1.42. The van der Waals surface area contributed by atoms with Crippen molar-refractivity contribution in [3.8, 4) is 0 Å². The molecule has 2 aliphatic heterocycles. The highest BCUT2D eigenvalue weighted by molar-refractivity contribution is 6.30. The van der Waals surface area contributed by atoms with Crippen LogP contribution in [-0.2, 0) is 14.3 Å². The second-order valence-corrected chi connectivity index (χ2v) is 8.87. The number of hydrogen-bond acceptors (Lipinski definition) is 4. The maximum absolute atomic E-state index is 13.0. The summed E-state index contributed by atoms with van der Waals surface area (Å²) in [5.41, 5.74) is 1.06. The fourth-order valence-electron chi connectivity index (χ4n) is 4.35. The van der Waals surface area contributed by atoms with Crippen molar-refractivity contribution >= 4 is 23.4 Å². The van der Waals surface area contributed by atoms with Gasteiger partial charge in [0.15, 0.2) is 6.10 Å². The summed E-state index contributed by atoms with van der Waals surface area (Å²) in [5, 5.41) is 3.74. The Morgan fingerprint density at radius 1 is 1.25 bits per heavy atom.